The smallest absolute Gasteiger partial charge is 0.356 e. The standard InChI is InChI=1S/C44H37N6O5PS2/c1-54-48-35(39-47-44(45)58-49-39)40(51)46-36-41(52)50-37(43(53)55-38(29-17-7-2-8-18-29)30-19-9-3-10-20-30)31(28-57-42(36)50)27-56(32-21-11-4-12-22-32,33-23-13-5-14-24-33)34-25-15-6-16-26-34/h2-27,36,38,42H,28H2,1H3,(H,46,51)(H2,45,47,49)/t36?,42-/m1/s1. The van der Waals surface area contributed by atoms with Crippen molar-refractivity contribution in [2.45, 2.75) is 17.5 Å². The van der Waals surface area contributed by atoms with Crippen molar-refractivity contribution in [3.8, 4) is 0 Å². The Balaban J connectivity index is 1.28. The van der Waals surface area contributed by atoms with Gasteiger partial charge in [0.2, 0.25) is 11.5 Å². The fourth-order valence-electron chi connectivity index (χ4n) is 7.19. The predicted molar refractivity (Wildman–Crippen MR) is 232 cm³/mol. The summed E-state index contributed by atoms with van der Waals surface area (Å²) in [5, 5.41) is 9.36. The molecule has 2 aliphatic rings. The van der Waals surface area contributed by atoms with Crippen LogP contribution in [0, 0.1) is 0 Å². The number of carbonyl (C=O) groups is 3. The lowest BCUT2D eigenvalue weighted by atomic mass is 10.0. The number of oxime groups is 1. The number of ether oxygens (including phenoxy) is 1. The number of carbonyl (C=O) groups excluding carboxylic acids is 3. The van der Waals surface area contributed by atoms with E-state index in [1.807, 2.05) is 115 Å². The molecule has 2 amide bonds. The van der Waals surface area contributed by atoms with Crippen LogP contribution in [0.5, 0.6) is 0 Å². The maximum Gasteiger partial charge on any atom is 0.356 e. The van der Waals surface area contributed by atoms with Crippen molar-refractivity contribution >= 4 is 80.5 Å². The number of thioether (sulfide) groups is 1. The maximum absolute atomic E-state index is 15.1. The Hall–Kier alpha value is -6.27. The average Bonchev–Trinajstić information content (AvgIpc) is 3.72. The summed E-state index contributed by atoms with van der Waals surface area (Å²) in [4.78, 5) is 53.6. The molecule has 58 heavy (non-hydrogen) atoms. The molecule has 6 aromatic rings. The zero-order chi connectivity index (χ0) is 40.1. The molecular weight excluding hydrogens is 788 g/mol. The molecule has 290 valence electrons. The van der Waals surface area contributed by atoms with Crippen molar-refractivity contribution in [1.29, 1.82) is 0 Å². The summed E-state index contributed by atoms with van der Waals surface area (Å²) in [5.41, 5.74) is 7.88. The zero-order valence-electron chi connectivity index (χ0n) is 31.1. The van der Waals surface area contributed by atoms with Crippen molar-refractivity contribution in [3.05, 3.63) is 180 Å². The van der Waals surface area contributed by atoms with Crippen LogP contribution >= 0.6 is 30.2 Å². The number of β-lactam (4-membered cyclic amide) rings is 1. The Morgan fingerprint density at radius 1 is 0.828 bits per heavy atom. The first-order chi connectivity index (χ1) is 28.4. The van der Waals surface area contributed by atoms with E-state index in [4.69, 9.17) is 15.3 Å². The Bertz CT molecular complexity index is 2410. The Kier molecular flexibility index (Phi) is 11.4. The van der Waals surface area contributed by atoms with Crippen LogP contribution in [0.4, 0.5) is 5.13 Å². The summed E-state index contributed by atoms with van der Waals surface area (Å²) >= 11 is 2.35. The molecule has 1 fully saturated rings. The summed E-state index contributed by atoms with van der Waals surface area (Å²) in [7, 11) is 1.29. The average molecular weight is 825 g/mol. The van der Waals surface area contributed by atoms with Gasteiger partial charge in [-0.1, -0.05) is 157 Å². The largest absolute Gasteiger partial charge is 0.448 e. The third kappa shape index (κ3) is 7.47. The molecule has 0 aliphatic carbocycles. The van der Waals surface area contributed by atoms with Gasteiger partial charge in [0, 0.05) is 17.3 Å². The highest BCUT2D eigenvalue weighted by Crippen LogP contribution is 2.48. The van der Waals surface area contributed by atoms with Crippen LogP contribution in [0.25, 0.3) is 0 Å². The number of hydrogen-bond donors (Lipinski definition) is 2. The first kappa shape index (κ1) is 38.6. The second-order valence-electron chi connectivity index (χ2n) is 13.3. The van der Waals surface area contributed by atoms with E-state index in [9.17, 15) is 9.59 Å². The molecule has 0 bridgehead atoms. The van der Waals surface area contributed by atoms with Gasteiger partial charge in [-0.15, -0.1) is 11.8 Å². The highest BCUT2D eigenvalue weighted by Gasteiger charge is 2.55. The predicted octanol–water partition coefficient (Wildman–Crippen LogP) is 5.25. The third-order valence-electron chi connectivity index (χ3n) is 9.80. The number of nitrogens with one attached hydrogen (secondary N) is 1. The Labute approximate surface area is 343 Å². The van der Waals surface area contributed by atoms with E-state index in [0.29, 0.717) is 11.3 Å². The van der Waals surface area contributed by atoms with E-state index in [2.05, 4.69) is 62.0 Å². The first-order valence-electron chi connectivity index (χ1n) is 18.3. The zero-order valence-corrected chi connectivity index (χ0v) is 33.6. The number of esters is 1. The van der Waals surface area contributed by atoms with Gasteiger partial charge < -0.3 is 20.6 Å². The molecule has 11 nitrogen and oxygen atoms in total. The van der Waals surface area contributed by atoms with E-state index in [1.165, 1.54) is 23.8 Å². The lowest BCUT2D eigenvalue weighted by Gasteiger charge is -2.49. The second-order valence-corrected chi connectivity index (χ2v) is 18.4. The molecule has 3 heterocycles. The number of nitrogens with zero attached hydrogens (tertiary/aromatic N) is 4. The quantitative estimate of drug-likeness (QED) is 0.0555. The van der Waals surface area contributed by atoms with Crippen LogP contribution in [0.2, 0.25) is 0 Å². The van der Waals surface area contributed by atoms with E-state index in [0.717, 1.165) is 38.6 Å². The van der Waals surface area contributed by atoms with Crippen molar-refractivity contribution < 1.29 is 24.0 Å². The topological polar surface area (TPSA) is 149 Å². The summed E-state index contributed by atoms with van der Waals surface area (Å²) in [6, 6.07) is 48.8. The minimum atomic E-state index is -2.65. The summed E-state index contributed by atoms with van der Waals surface area (Å²) in [6.07, 6.45) is -0.772. The molecule has 2 atom stereocenters. The molecule has 14 heteroatoms. The molecular formula is C44H37N6O5PS2. The first-order valence-corrected chi connectivity index (χ1v) is 22.0. The fourth-order valence-corrected chi connectivity index (χ4v) is 13.0. The van der Waals surface area contributed by atoms with E-state index < -0.39 is 42.2 Å². The molecule has 1 unspecified atom stereocenters. The lowest BCUT2D eigenvalue weighted by Crippen LogP contribution is -2.71. The number of nitrogens with two attached hydrogens (primary N) is 1. The van der Waals surface area contributed by atoms with E-state index in [1.54, 1.807) is 0 Å². The van der Waals surface area contributed by atoms with Gasteiger partial charge >= 0.3 is 5.97 Å². The van der Waals surface area contributed by atoms with Crippen molar-refractivity contribution in [1.82, 2.24) is 19.6 Å². The Morgan fingerprint density at radius 3 is 1.79 bits per heavy atom. The normalized spacial score (nSPS) is 16.6. The number of nitrogen functional groups attached to an aromatic ring is 1. The molecule has 0 spiro atoms. The number of rotatable bonds is 12. The molecule has 3 N–H and O–H groups in total. The van der Waals surface area contributed by atoms with Crippen LogP contribution < -0.4 is 27.0 Å². The van der Waals surface area contributed by atoms with Crippen molar-refractivity contribution in [3.63, 3.8) is 0 Å². The van der Waals surface area contributed by atoms with Crippen molar-refractivity contribution in [2.24, 2.45) is 5.16 Å². The van der Waals surface area contributed by atoms with E-state index in [-0.39, 0.29) is 22.4 Å². The molecule has 0 saturated carbocycles. The third-order valence-corrected chi connectivity index (χ3v) is 15.7. The Morgan fingerprint density at radius 2 is 1.33 bits per heavy atom. The highest BCUT2D eigenvalue weighted by atomic mass is 32.2. The number of benzene rings is 5. The van der Waals surface area contributed by atoms with Gasteiger partial charge in [0.1, 0.15) is 24.2 Å². The SMILES string of the molecule is CON=C(C(=O)NC1C(=O)N2C(C(=O)OC(c3ccccc3)c3ccccc3)=C(C=P(c3ccccc3)(c3ccccc3)c3ccccc3)CS[C@H]12)c1nsc(N)n1. The van der Waals surface area contributed by atoms with Crippen LogP contribution in [0.3, 0.4) is 0 Å². The highest BCUT2D eigenvalue weighted by molar-refractivity contribution is 8.00. The van der Waals surface area contributed by atoms with Gasteiger partial charge in [-0.3, -0.25) is 14.5 Å². The summed E-state index contributed by atoms with van der Waals surface area (Å²) < 4.78 is 10.6. The number of aromatic nitrogens is 2. The minimum Gasteiger partial charge on any atom is -0.448 e. The summed E-state index contributed by atoms with van der Waals surface area (Å²) in [5.74, 6) is 0.642. The van der Waals surface area contributed by atoms with Gasteiger partial charge in [0.15, 0.2) is 11.2 Å². The monoisotopic (exact) mass is 824 g/mol. The van der Waals surface area contributed by atoms with Crippen molar-refractivity contribution in [2.75, 3.05) is 18.6 Å². The molecule has 1 saturated heterocycles. The van der Waals surface area contributed by atoms with Gasteiger partial charge in [0.25, 0.3) is 11.8 Å². The van der Waals surface area contributed by atoms with Gasteiger partial charge in [0.05, 0.1) is 0 Å². The number of fused-ring (bicyclic) bond motifs is 1. The lowest BCUT2D eigenvalue weighted by molar-refractivity contribution is -0.154. The van der Waals surface area contributed by atoms with E-state index >= 15 is 4.79 Å². The molecule has 2 aliphatic heterocycles. The van der Waals surface area contributed by atoms with Crippen LogP contribution in [-0.2, 0) is 24.0 Å². The van der Waals surface area contributed by atoms with Crippen LogP contribution in [-0.4, -0.2) is 67.8 Å². The minimum absolute atomic E-state index is 0.0290. The molecule has 1 aromatic heterocycles. The van der Waals surface area contributed by atoms with Gasteiger partial charge in [-0.25, -0.2) is 4.79 Å². The number of hydrogen-bond acceptors (Lipinski definition) is 11. The van der Waals surface area contributed by atoms with Crippen LogP contribution in [0.15, 0.2) is 168 Å². The number of anilines is 1. The molecule has 0 radical (unpaired) electrons. The summed E-state index contributed by atoms with van der Waals surface area (Å²) in [6.45, 7) is -2.65. The van der Waals surface area contributed by atoms with Crippen LogP contribution in [0.1, 0.15) is 23.1 Å². The molecule has 8 rings (SSSR count). The van der Waals surface area contributed by atoms with Gasteiger partial charge in [-0.2, -0.15) is 9.36 Å². The second kappa shape index (κ2) is 17.1. The number of amides is 2. The fraction of sp³-hybridized carbons (Fsp3) is 0.114. The molecule has 5 aromatic carbocycles. The maximum atomic E-state index is 15.1. The van der Waals surface area contributed by atoms with Gasteiger partial charge in [-0.05, 0) is 45.3 Å².